The van der Waals surface area contributed by atoms with Gasteiger partial charge in [0.1, 0.15) is 0 Å². The molecule has 2 aliphatic rings. The second-order valence-electron chi connectivity index (χ2n) is 7.81. The van der Waals surface area contributed by atoms with Crippen molar-refractivity contribution in [2.75, 3.05) is 14.1 Å². The minimum absolute atomic E-state index is 0. The van der Waals surface area contributed by atoms with Crippen molar-refractivity contribution in [3.8, 4) is 0 Å². The third-order valence-corrected chi connectivity index (χ3v) is 10.1. The van der Waals surface area contributed by atoms with Gasteiger partial charge in [-0.3, -0.25) is 0 Å². The molecule has 0 aromatic heterocycles. The molecule has 0 radical (unpaired) electrons. The van der Waals surface area contributed by atoms with Crippen LogP contribution in [0.5, 0.6) is 0 Å². The molecule has 0 saturated carbocycles. The Balaban J connectivity index is 0.000000403. The van der Waals surface area contributed by atoms with E-state index in [2.05, 4.69) is 84.6 Å². The van der Waals surface area contributed by atoms with Crippen molar-refractivity contribution in [2.45, 2.75) is 52.6 Å². The fourth-order valence-corrected chi connectivity index (χ4v) is 6.66. The summed E-state index contributed by atoms with van der Waals surface area (Å²) in [4.78, 5) is 0. The van der Waals surface area contributed by atoms with Gasteiger partial charge >= 0.3 is 17.7 Å². The Hall–Kier alpha value is -0.676. The third kappa shape index (κ3) is 5.72. The molecular weight excluding hydrogens is 344 g/mol. The van der Waals surface area contributed by atoms with Crippen LogP contribution in [0.25, 0.3) is 0 Å². The van der Waals surface area contributed by atoms with E-state index in [9.17, 15) is 0 Å². The molecule has 23 heavy (non-hydrogen) atoms. The summed E-state index contributed by atoms with van der Waals surface area (Å²) in [5, 5.41) is 6.04. The molecule has 0 aromatic carbocycles. The summed E-state index contributed by atoms with van der Waals surface area (Å²) in [5.41, 5.74) is 0.340. The molecule has 0 spiro atoms. The fourth-order valence-electron chi connectivity index (χ4n) is 2.23. The Morgan fingerprint density at radius 3 is 1.35 bits per heavy atom. The van der Waals surface area contributed by atoms with Gasteiger partial charge in [0.2, 0.25) is 0 Å². The normalized spacial score (nSPS) is 23.9. The van der Waals surface area contributed by atoms with Gasteiger partial charge in [0.05, 0.1) is 0 Å². The SMILES string of the molecule is CN1C=CN(C(C)(C)C)[SiH]1Cl.CN1C=CN(C(C)(C)C)[SiH]1N.N. The van der Waals surface area contributed by atoms with Crippen molar-refractivity contribution in [3.63, 3.8) is 0 Å². The van der Waals surface area contributed by atoms with E-state index in [0.29, 0.717) is 0 Å². The second kappa shape index (κ2) is 7.93. The molecule has 0 amide bonds. The van der Waals surface area contributed by atoms with Gasteiger partial charge in [0, 0.05) is 35.9 Å². The van der Waals surface area contributed by atoms with Gasteiger partial charge in [0.15, 0.2) is 0 Å². The molecule has 0 saturated heterocycles. The average Bonchev–Trinajstić information content (AvgIpc) is 2.84. The molecular formula is C14H35ClN6Si2. The molecule has 2 heterocycles. The molecule has 5 N–H and O–H groups in total. The zero-order chi connectivity index (χ0) is 17.3. The van der Waals surface area contributed by atoms with E-state index >= 15 is 0 Å². The summed E-state index contributed by atoms with van der Waals surface area (Å²) < 4.78 is 8.78. The van der Waals surface area contributed by atoms with Crippen LogP contribution in [0, 0.1) is 0 Å². The van der Waals surface area contributed by atoms with E-state index in [1.807, 2.05) is 14.1 Å². The van der Waals surface area contributed by atoms with Gasteiger partial charge < -0.3 is 29.8 Å². The second-order valence-corrected chi connectivity index (χ2v) is 13.2. The van der Waals surface area contributed by atoms with Crippen molar-refractivity contribution in [3.05, 3.63) is 24.8 Å². The smallest absolute Gasteiger partial charge is 0.348 e. The fraction of sp³-hybridized carbons (Fsp3) is 0.714. The first kappa shape index (κ1) is 22.3. The Labute approximate surface area is 150 Å². The maximum atomic E-state index is 6.24. The van der Waals surface area contributed by atoms with Crippen LogP contribution >= 0.6 is 11.1 Å². The molecule has 2 unspecified atom stereocenters. The average molecular weight is 379 g/mol. The van der Waals surface area contributed by atoms with Crippen LogP contribution in [-0.4, -0.2) is 61.1 Å². The van der Waals surface area contributed by atoms with E-state index in [1.165, 1.54) is 0 Å². The lowest BCUT2D eigenvalue weighted by atomic mass is 10.1. The zero-order valence-corrected chi connectivity index (χ0v) is 19.0. The van der Waals surface area contributed by atoms with Crippen molar-refractivity contribution in [2.24, 2.45) is 5.40 Å². The molecule has 2 aliphatic heterocycles. The number of nitrogens with zero attached hydrogens (tertiary/aromatic N) is 4. The lowest BCUT2D eigenvalue weighted by Crippen LogP contribution is -2.56. The van der Waals surface area contributed by atoms with Crippen LogP contribution in [-0.2, 0) is 0 Å². The quantitative estimate of drug-likeness (QED) is 0.494. The summed E-state index contributed by atoms with van der Waals surface area (Å²) >= 11 is 6.24. The lowest BCUT2D eigenvalue weighted by Gasteiger charge is -2.36. The van der Waals surface area contributed by atoms with Crippen LogP contribution < -0.4 is 11.5 Å². The standard InChI is InChI=1S/C7H15ClN2Si.C7H17N3Si.H3N/c2*1-7(2,3)10-6-5-9(4)11(10)8;/h5-6,11H,1-4H3;5-6,11H,8H2,1-4H3;1H3. The van der Waals surface area contributed by atoms with Crippen LogP contribution in [0.3, 0.4) is 0 Å². The van der Waals surface area contributed by atoms with Gasteiger partial charge in [-0.15, -0.1) is 11.1 Å². The topological polar surface area (TPSA) is 74.0 Å². The minimum atomic E-state index is -1.36. The molecule has 0 aliphatic carbocycles. The number of halogens is 1. The highest BCUT2D eigenvalue weighted by Crippen LogP contribution is 2.23. The largest absolute Gasteiger partial charge is 0.379 e. The molecule has 136 valence electrons. The summed E-state index contributed by atoms with van der Waals surface area (Å²) in [6.45, 7) is 13.1. The molecule has 0 bridgehead atoms. The van der Waals surface area contributed by atoms with Crippen LogP contribution in [0.15, 0.2) is 24.8 Å². The van der Waals surface area contributed by atoms with Crippen molar-refractivity contribution >= 4 is 28.8 Å². The number of nitrogens with two attached hydrogens (primary N) is 1. The zero-order valence-electron chi connectivity index (χ0n) is 15.9. The van der Waals surface area contributed by atoms with Gasteiger partial charge in [-0.2, -0.15) is 0 Å². The molecule has 9 heteroatoms. The first-order valence-corrected chi connectivity index (χ1v) is 12.1. The first-order valence-electron chi connectivity index (χ1n) is 7.63. The van der Waals surface area contributed by atoms with E-state index < -0.39 is 17.7 Å². The number of rotatable bonds is 0. The highest BCUT2D eigenvalue weighted by atomic mass is 35.6. The molecule has 0 fully saturated rings. The molecule has 0 aromatic rings. The maximum Gasteiger partial charge on any atom is 0.348 e. The van der Waals surface area contributed by atoms with Crippen molar-refractivity contribution < 1.29 is 0 Å². The Kier molecular flexibility index (Phi) is 7.70. The predicted octanol–water partition coefficient (Wildman–Crippen LogP) is 1.80. The summed E-state index contributed by atoms with van der Waals surface area (Å²) in [6, 6.07) is 0. The van der Waals surface area contributed by atoms with Gasteiger partial charge in [0.25, 0.3) is 0 Å². The Bertz CT molecular complexity index is 392. The van der Waals surface area contributed by atoms with E-state index in [-0.39, 0.29) is 17.2 Å². The van der Waals surface area contributed by atoms with Crippen molar-refractivity contribution in [1.29, 1.82) is 0 Å². The van der Waals surface area contributed by atoms with Gasteiger partial charge in [-0.05, 0) is 55.6 Å². The van der Waals surface area contributed by atoms with E-state index in [0.717, 1.165) is 0 Å². The number of hydrogen-bond donors (Lipinski definition) is 2. The summed E-state index contributed by atoms with van der Waals surface area (Å²) in [6.07, 6.45) is 8.29. The van der Waals surface area contributed by atoms with Crippen molar-refractivity contribution in [1.82, 2.24) is 24.4 Å². The molecule has 2 rings (SSSR count). The monoisotopic (exact) mass is 378 g/mol. The van der Waals surface area contributed by atoms with Gasteiger partial charge in [-0.25, -0.2) is 0 Å². The van der Waals surface area contributed by atoms with E-state index in [1.54, 1.807) is 0 Å². The highest BCUT2D eigenvalue weighted by Gasteiger charge is 2.32. The highest BCUT2D eigenvalue weighted by molar-refractivity contribution is 7.04. The summed E-state index contributed by atoms with van der Waals surface area (Å²) in [7, 11) is 1.39. The van der Waals surface area contributed by atoms with Crippen LogP contribution in [0.4, 0.5) is 0 Å². The van der Waals surface area contributed by atoms with Crippen LogP contribution in [0.2, 0.25) is 0 Å². The lowest BCUT2D eigenvalue weighted by molar-refractivity contribution is 0.319. The predicted molar refractivity (Wildman–Crippen MR) is 106 cm³/mol. The third-order valence-electron chi connectivity index (χ3n) is 3.74. The van der Waals surface area contributed by atoms with E-state index in [4.69, 9.17) is 16.5 Å². The van der Waals surface area contributed by atoms with Gasteiger partial charge in [-0.1, -0.05) is 0 Å². The maximum absolute atomic E-state index is 6.24. The molecule has 2 atom stereocenters. The first-order chi connectivity index (χ1) is 9.85. The Morgan fingerprint density at radius 2 is 1.17 bits per heavy atom. The van der Waals surface area contributed by atoms with Crippen LogP contribution in [0.1, 0.15) is 41.5 Å². The minimum Gasteiger partial charge on any atom is -0.379 e. The molecule has 6 nitrogen and oxygen atoms in total. The number of hydrogen-bond acceptors (Lipinski definition) is 6. The summed E-state index contributed by atoms with van der Waals surface area (Å²) in [5.74, 6) is 0. The Morgan fingerprint density at radius 1 is 0.783 bits per heavy atom.